The fourth-order valence-electron chi connectivity index (χ4n) is 1.68. The molecule has 0 heterocycles. The molecular weight excluding hydrogens is 176 g/mol. The van der Waals surface area contributed by atoms with Crippen LogP contribution in [0, 0.1) is 0 Å². The summed E-state index contributed by atoms with van der Waals surface area (Å²) in [5.41, 5.74) is 0. The zero-order valence-electron chi connectivity index (χ0n) is 8.86. The van der Waals surface area contributed by atoms with Crippen LogP contribution in [0.15, 0.2) is 30.3 Å². The molecule has 13 heavy (non-hydrogen) atoms. The molecule has 0 saturated heterocycles. The van der Waals surface area contributed by atoms with Gasteiger partial charge in [-0.3, -0.25) is 0 Å². The molecule has 1 aromatic rings. The van der Waals surface area contributed by atoms with Gasteiger partial charge >= 0.3 is 0 Å². The molecule has 0 aliphatic rings. The number of hydrogen-bond donors (Lipinski definition) is 0. The highest BCUT2D eigenvalue weighted by atomic mass is 28.3. The topological polar surface area (TPSA) is 6.48 Å². The third-order valence-corrected chi connectivity index (χ3v) is 5.01. The Morgan fingerprint density at radius 2 is 1.31 bits per heavy atom. The Balaban J connectivity index is 2.89. The molecule has 0 aromatic heterocycles. The Kier molecular flexibility index (Phi) is 3.66. The third-order valence-electron chi connectivity index (χ3n) is 2.08. The predicted octanol–water partition coefficient (Wildman–Crippen LogP) is 0.237. The van der Waals surface area contributed by atoms with Crippen molar-refractivity contribution in [3.8, 4) is 0 Å². The van der Waals surface area contributed by atoms with Crippen molar-refractivity contribution in [2.24, 2.45) is 0 Å². The molecule has 0 atom stereocenters. The number of rotatable bonds is 3. The van der Waals surface area contributed by atoms with Crippen molar-refractivity contribution in [1.29, 1.82) is 0 Å². The van der Waals surface area contributed by atoms with Crippen LogP contribution in [0.5, 0.6) is 0 Å². The van der Waals surface area contributed by atoms with Crippen LogP contribution in [0.2, 0.25) is 0 Å². The summed E-state index contributed by atoms with van der Waals surface area (Å²) in [6.45, 7) is 0. The monoisotopic (exact) mass is 194 g/mol. The van der Waals surface area contributed by atoms with Gasteiger partial charge < -0.3 is 9.13 Å². The van der Waals surface area contributed by atoms with Crippen molar-refractivity contribution in [1.82, 2.24) is 9.13 Å². The maximum Gasteiger partial charge on any atom is 0.222 e. The summed E-state index contributed by atoms with van der Waals surface area (Å²) in [6, 6.07) is 10.7. The minimum absolute atomic E-state index is 1.07. The van der Waals surface area contributed by atoms with Gasteiger partial charge in [-0.05, 0) is 33.4 Å². The van der Waals surface area contributed by atoms with E-state index in [0.29, 0.717) is 0 Å². The van der Waals surface area contributed by atoms with Gasteiger partial charge in [0.15, 0.2) is 0 Å². The molecule has 1 aromatic carbocycles. The quantitative estimate of drug-likeness (QED) is 0.636. The molecule has 72 valence electrons. The third kappa shape index (κ3) is 2.65. The molecule has 0 bridgehead atoms. The summed E-state index contributed by atoms with van der Waals surface area (Å²) in [5.74, 6) is 0. The van der Waals surface area contributed by atoms with Crippen LogP contribution in [0.4, 0.5) is 0 Å². The summed E-state index contributed by atoms with van der Waals surface area (Å²) in [6.07, 6.45) is 0. The van der Waals surface area contributed by atoms with E-state index >= 15 is 0 Å². The second-order valence-corrected chi connectivity index (χ2v) is 7.19. The standard InChI is InChI=1S/C10H18N2Si/c1-11(2)13(12(3)4)10-8-6-5-7-9-10/h5-9,13H,1-4H3. The molecule has 0 saturated carbocycles. The van der Waals surface area contributed by atoms with E-state index in [-0.39, 0.29) is 0 Å². The van der Waals surface area contributed by atoms with Crippen molar-refractivity contribution in [2.75, 3.05) is 28.2 Å². The summed E-state index contributed by atoms with van der Waals surface area (Å²) >= 11 is 0. The Hall–Kier alpha value is -0.643. The second kappa shape index (κ2) is 4.55. The largest absolute Gasteiger partial charge is 0.316 e. The van der Waals surface area contributed by atoms with Crippen molar-refractivity contribution in [3.05, 3.63) is 30.3 Å². The first-order chi connectivity index (χ1) is 6.13. The van der Waals surface area contributed by atoms with Gasteiger partial charge in [0.2, 0.25) is 9.12 Å². The van der Waals surface area contributed by atoms with Crippen LogP contribution in [-0.2, 0) is 0 Å². The molecule has 0 aliphatic heterocycles. The molecule has 0 unspecified atom stereocenters. The smallest absolute Gasteiger partial charge is 0.222 e. The minimum atomic E-state index is -1.07. The average Bonchev–Trinajstić information content (AvgIpc) is 2.04. The molecule has 1 rings (SSSR count). The molecule has 2 nitrogen and oxygen atoms in total. The maximum atomic E-state index is 2.34. The molecule has 0 fully saturated rings. The van der Waals surface area contributed by atoms with E-state index in [4.69, 9.17) is 0 Å². The lowest BCUT2D eigenvalue weighted by Crippen LogP contribution is -2.54. The zero-order chi connectivity index (χ0) is 9.84. The maximum absolute atomic E-state index is 2.34. The first-order valence-corrected chi connectivity index (χ1v) is 6.11. The highest BCUT2D eigenvalue weighted by molar-refractivity contribution is 6.67. The fraction of sp³-hybridized carbons (Fsp3) is 0.400. The lowest BCUT2D eigenvalue weighted by molar-refractivity contribution is 0.531. The molecule has 0 amide bonds. The van der Waals surface area contributed by atoms with E-state index in [1.165, 1.54) is 5.19 Å². The number of nitrogens with zero attached hydrogens (tertiary/aromatic N) is 2. The minimum Gasteiger partial charge on any atom is -0.316 e. The zero-order valence-corrected chi connectivity index (χ0v) is 10.0. The first-order valence-electron chi connectivity index (χ1n) is 4.50. The molecule has 3 heteroatoms. The Morgan fingerprint density at radius 3 is 1.69 bits per heavy atom. The van der Waals surface area contributed by atoms with Crippen molar-refractivity contribution in [3.63, 3.8) is 0 Å². The Bertz CT molecular complexity index is 238. The Labute approximate surface area is 82.5 Å². The van der Waals surface area contributed by atoms with Crippen LogP contribution in [0.1, 0.15) is 0 Å². The van der Waals surface area contributed by atoms with Gasteiger partial charge in [-0.1, -0.05) is 30.3 Å². The normalized spacial score (nSPS) is 11.6. The fourth-order valence-corrected chi connectivity index (χ4v) is 4.37. The molecule has 0 spiro atoms. The van der Waals surface area contributed by atoms with E-state index in [1.807, 2.05) is 0 Å². The van der Waals surface area contributed by atoms with E-state index in [9.17, 15) is 0 Å². The van der Waals surface area contributed by atoms with E-state index in [0.717, 1.165) is 0 Å². The summed E-state index contributed by atoms with van der Waals surface area (Å²) in [4.78, 5) is 0. The van der Waals surface area contributed by atoms with Gasteiger partial charge in [-0.2, -0.15) is 0 Å². The SMILES string of the molecule is CN(C)[SiH](c1ccccc1)N(C)C. The second-order valence-electron chi connectivity index (χ2n) is 3.71. The lowest BCUT2D eigenvalue weighted by atomic mass is 10.4. The predicted molar refractivity (Wildman–Crippen MR) is 60.6 cm³/mol. The molecule has 0 N–H and O–H groups in total. The van der Waals surface area contributed by atoms with E-state index < -0.39 is 9.12 Å². The van der Waals surface area contributed by atoms with Gasteiger partial charge in [0.05, 0.1) is 0 Å². The van der Waals surface area contributed by atoms with Crippen molar-refractivity contribution in [2.45, 2.75) is 0 Å². The van der Waals surface area contributed by atoms with E-state index in [2.05, 4.69) is 67.7 Å². The van der Waals surface area contributed by atoms with Crippen LogP contribution in [0.3, 0.4) is 0 Å². The number of hydrogen-bond acceptors (Lipinski definition) is 2. The van der Waals surface area contributed by atoms with Crippen LogP contribution < -0.4 is 5.19 Å². The lowest BCUT2D eigenvalue weighted by Gasteiger charge is -2.28. The van der Waals surface area contributed by atoms with Crippen molar-refractivity contribution < 1.29 is 0 Å². The van der Waals surface area contributed by atoms with Gasteiger partial charge in [0, 0.05) is 0 Å². The molecule has 0 aliphatic carbocycles. The summed E-state index contributed by atoms with van der Waals surface area (Å²) < 4.78 is 4.69. The highest BCUT2D eigenvalue weighted by Crippen LogP contribution is 1.94. The summed E-state index contributed by atoms with van der Waals surface area (Å²) in [7, 11) is 7.55. The highest BCUT2D eigenvalue weighted by Gasteiger charge is 2.18. The van der Waals surface area contributed by atoms with Crippen LogP contribution in [0.25, 0.3) is 0 Å². The molecule has 0 radical (unpaired) electrons. The Morgan fingerprint density at radius 1 is 0.846 bits per heavy atom. The average molecular weight is 194 g/mol. The number of benzene rings is 1. The van der Waals surface area contributed by atoms with Crippen LogP contribution >= 0.6 is 0 Å². The van der Waals surface area contributed by atoms with Gasteiger partial charge in [-0.15, -0.1) is 0 Å². The van der Waals surface area contributed by atoms with Gasteiger partial charge in [-0.25, -0.2) is 0 Å². The molecular formula is C10H18N2Si. The van der Waals surface area contributed by atoms with Gasteiger partial charge in [0.25, 0.3) is 0 Å². The first kappa shape index (κ1) is 10.4. The van der Waals surface area contributed by atoms with Crippen molar-refractivity contribution >= 4 is 14.3 Å². The summed E-state index contributed by atoms with van der Waals surface area (Å²) in [5, 5.41) is 1.47. The van der Waals surface area contributed by atoms with E-state index in [1.54, 1.807) is 0 Å². The van der Waals surface area contributed by atoms with Gasteiger partial charge in [0.1, 0.15) is 0 Å². The van der Waals surface area contributed by atoms with Crippen LogP contribution in [-0.4, -0.2) is 46.4 Å².